The first kappa shape index (κ1) is 19.4. The second-order valence-electron chi connectivity index (χ2n) is 7.73. The molecule has 24 heavy (non-hydrogen) atoms. The first-order valence-corrected chi connectivity index (χ1v) is 8.92. The highest BCUT2D eigenvalue weighted by atomic mass is 17.1. The number of fused-ring (bicyclic) bond motifs is 1. The van der Waals surface area contributed by atoms with Crippen LogP contribution in [0.15, 0.2) is 36.0 Å². The minimum atomic E-state index is -0.460. The van der Waals surface area contributed by atoms with Crippen molar-refractivity contribution in [2.24, 2.45) is 5.92 Å². The van der Waals surface area contributed by atoms with Crippen molar-refractivity contribution in [3.8, 4) is 0 Å². The van der Waals surface area contributed by atoms with Crippen LogP contribution in [0.3, 0.4) is 0 Å². The van der Waals surface area contributed by atoms with E-state index in [4.69, 9.17) is 4.74 Å². The van der Waals surface area contributed by atoms with Crippen LogP contribution in [-0.2, 0) is 9.62 Å². The number of hydrogen-bond acceptors (Lipinski definition) is 4. The smallest absolute Gasteiger partial charge is 0.114 e. The Bertz CT molecular complexity index is 510. The molecule has 0 spiro atoms. The molecule has 0 radical (unpaired) electrons. The first-order chi connectivity index (χ1) is 11.3. The average molecular weight is 336 g/mol. The highest BCUT2D eigenvalue weighted by molar-refractivity contribution is 5.13. The molecule has 5 atom stereocenters. The molecule has 4 heteroatoms. The number of rotatable bonds is 2. The van der Waals surface area contributed by atoms with Crippen molar-refractivity contribution in [1.29, 1.82) is 0 Å². The van der Waals surface area contributed by atoms with Crippen molar-refractivity contribution in [2.45, 2.75) is 83.2 Å². The Balaban J connectivity index is 2.15. The SMILES string of the molecule is C=C(C)[C@H]1C[C@@H](O)C(C)=CCCC(=C)[C@@H](OO)CC[C@@]2(C)O[C@@H]2C1. The molecular formula is C20H32O4. The lowest BCUT2D eigenvalue weighted by Crippen LogP contribution is -2.22. The van der Waals surface area contributed by atoms with Gasteiger partial charge in [0.15, 0.2) is 0 Å². The summed E-state index contributed by atoms with van der Waals surface area (Å²) in [6.45, 7) is 14.2. The topological polar surface area (TPSA) is 62.2 Å². The summed E-state index contributed by atoms with van der Waals surface area (Å²) in [5.74, 6) is 0.248. The predicted octanol–water partition coefficient (Wildman–Crippen LogP) is 4.41. The fourth-order valence-electron chi connectivity index (χ4n) is 3.55. The van der Waals surface area contributed by atoms with Gasteiger partial charge < -0.3 is 9.84 Å². The van der Waals surface area contributed by atoms with E-state index in [0.29, 0.717) is 12.8 Å². The van der Waals surface area contributed by atoms with E-state index in [1.807, 2.05) is 13.8 Å². The van der Waals surface area contributed by atoms with Gasteiger partial charge in [-0.15, -0.1) is 0 Å². The highest BCUT2D eigenvalue weighted by Gasteiger charge is 2.52. The average Bonchev–Trinajstić information content (AvgIpc) is 3.16. The van der Waals surface area contributed by atoms with Crippen molar-refractivity contribution < 1.29 is 20.0 Å². The van der Waals surface area contributed by atoms with E-state index in [0.717, 1.165) is 42.4 Å². The Kier molecular flexibility index (Phi) is 6.43. The largest absolute Gasteiger partial charge is 0.389 e. The van der Waals surface area contributed by atoms with Gasteiger partial charge in [0, 0.05) is 0 Å². The van der Waals surface area contributed by atoms with E-state index >= 15 is 0 Å². The Morgan fingerprint density at radius 3 is 2.75 bits per heavy atom. The zero-order valence-electron chi connectivity index (χ0n) is 15.3. The summed E-state index contributed by atoms with van der Waals surface area (Å²) in [7, 11) is 0. The van der Waals surface area contributed by atoms with E-state index in [1.54, 1.807) is 0 Å². The molecule has 1 saturated heterocycles. The van der Waals surface area contributed by atoms with Gasteiger partial charge in [-0.05, 0) is 76.4 Å². The van der Waals surface area contributed by atoms with Gasteiger partial charge in [-0.3, -0.25) is 5.26 Å². The normalized spacial score (nSPS) is 38.7. The van der Waals surface area contributed by atoms with E-state index in [-0.39, 0.29) is 23.7 Å². The molecule has 4 nitrogen and oxygen atoms in total. The fraction of sp³-hybridized carbons (Fsp3) is 0.700. The monoisotopic (exact) mass is 336 g/mol. The highest BCUT2D eigenvalue weighted by Crippen LogP contribution is 2.46. The molecule has 1 fully saturated rings. The summed E-state index contributed by atoms with van der Waals surface area (Å²) in [6, 6.07) is 0. The molecule has 1 aliphatic carbocycles. The lowest BCUT2D eigenvalue weighted by atomic mass is 9.84. The summed E-state index contributed by atoms with van der Waals surface area (Å²) >= 11 is 0. The molecule has 2 aliphatic rings. The van der Waals surface area contributed by atoms with E-state index in [9.17, 15) is 10.4 Å². The molecule has 2 rings (SSSR count). The fourth-order valence-corrected chi connectivity index (χ4v) is 3.55. The van der Waals surface area contributed by atoms with E-state index in [2.05, 4.69) is 31.0 Å². The van der Waals surface area contributed by atoms with Crippen LogP contribution in [-0.4, -0.2) is 34.3 Å². The maximum Gasteiger partial charge on any atom is 0.114 e. The number of allylic oxidation sites excluding steroid dienone is 2. The molecule has 0 aromatic carbocycles. The molecule has 0 amide bonds. The second kappa shape index (κ2) is 7.96. The Hall–Kier alpha value is -0.940. The number of ether oxygens (including phenoxy) is 1. The Morgan fingerprint density at radius 2 is 2.12 bits per heavy atom. The second-order valence-corrected chi connectivity index (χ2v) is 7.73. The number of epoxide rings is 1. The maximum absolute atomic E-state index is 10.5. The third-order valence-corrected chi connectivity index (χ3v) is 5.68. The number of aliphatic hydroxyl groups excluding tert-OH is 1. The standard InChI is InChI=1S/C20H32O4/c1-13(2)16-11-17(21)14(3)7-6-8-15(4)18(24-22)9-10-20(5)19(12-16)23-20/h7,16-19,21-22H,1,4,6,8-12H2,2-3,5H3/t16-,17+,18-,19+,20+/m0/s1. The summed E-state index contributed by atoms with van der Waals surface area (Å²) in [5, 5.41) is 19.7. The third kappa shape index (κ3) is 4.79. The molecule has 2 N–H and O–H groups in total. The third-order valence-electron chi connectivity index (χ3n) is 5.68. The molecule has 0 saturated carbocycles. The van der Waals surface area contributed by atoms with Crippen molar-refractivity contribution in [1.82, 2.24) is 0 Å². The van der Waals surface area contributed by atoms with Crippen LogP contribution in [0.25, 0.3) is 0 Å². The van der Waals surface area contributed by atoms with E-state index in [1.165, 1.54) is 0 Å². The van der Waals surface area contributed by atoms with Gasteiger partial charge in [-0.1, -0.05) is 24.8 Å². The van der Waals surface area contributed by atoms with Crippen LogP contribution in [0.1, 0.15) is 59.3 Å². The van der Waals surface area contributed by atoms with Gasteiger partial charge >= 0.3 is 0 Å². The molecule has 136 valence electrons. The Labute approximate surface area is 145 Å². The molecule has 0 aromatic heterocycles. The number of hydrogen-bond donors (Lipinski definition) is 2. The van der Waals surface area contributed by atoms with Crippen LogP contribution in [0, 0.1) is 5.92 Å². The number of aliphatic hydroxyl groups is 1. The minimum Gasteiger partial charge on any atom is -0.389 e. The minimum absolute atomic E-state index is 0.172. The van der Waals surface area contributed by atoms with Gasteiger partial charge in [0.25, 0.3) is 0 Å². The molecule has 1 heterocycles. The van der Waals surface area contributed by atoms with Gasteiger partial charge in [0.2, 0.25) is 0 Å². The van der Waals surface area contributed by atoms with Crippen molar-refractivity contribution in [3.05, 3.63) is 36.0 Å². The molecule has 0 aromatic rings. The molecular weight excluding hydrogens is 304 g/mol. The van der Waals surface area contributed by atoms with Crippen LogP contribution in [0.4, 0.5) is 0 Å². The molecule has 1 aliphatic heterocycles. The van der Waals surface area contributed by atoms with Crippen LogP contribution in [0.2, 0.25) is 0 Å². The van der Waals surface area contributed by atoms with E-state index < -0.39 is 6.10 Å². The van der Waals surface area contributed by atoms with Crippen LogP contribution in [0.5, 0.6) is 0 Å². The van der Waals surface area contributed by atoms with Gasteiger partial charge in [0.05, 0.1) is 17.8 Å². The van der Waals surface area contributed by atoms with Crippen molar-refractivity contribution >= 4 is 0 Å². The van der Waals surface area contributed by atoms with Gasteiger partial charge in [-0.25, -0.2) is 4.89 Å². The lowest BCUT2D eigenvalue weighted by molar-refractivity contribution is -0.270. The molecule has 0 bridgehead atoms. The zero-order chi connectivity index (χ0) is 17.9. The quantitative estimate of drug-likeness (QED) is 0.339. The molecule has 0 unspecified atom stereocenters. The van der Waals surface area contributed by atoms with Crippen LogP contribution < -0.4 is 0 Å². The maximum atomic E-state index is 10.5. The summed E-state index contributed by atoms with van der Waals surface area (Å²) in [6.07, 6.45) is 6.03. The lowest BCUT2D eigenvalue weighted by Gasteiger charge is -2.22. The first-order valence-electron chi connectivity index (χ1n) is 8.92. The zero-order valence-corrected chi connectivity index (χ0v) is 15.3. The Morgan fingerprint density at radius 1 is 1.42 bits per heavy atom. The summed E-state index contributed by atoms with van der Waals surface area (Å²) < 4.78 is 5.95. The van der Waals surface area contributed by atoms with Gasteiger partial charge in [0.1, 0.15) is 6.10 Å². The van der Waals surface area contributed by atoms with Crippen molar-refractivity contribution in [2.75, 3.05) is 0 Å². The van der Waals surface area contributed by atoms with Crippen molar-refractivity contribution in [3.63, 3.8) is 0 Å². The van der Waals surface area contributed by atoms with Crippen LogP contribution >= 0.6 is 0 Å². The van der Waals surface area contributed by atoms with Gasteiger partial charge in [-0.2, -0.15) is 0 Å². The summed E-state index contributed by atoms with van der Waals surface area (Å²) in [5.41, 5.74) is 2.78. The predicted molar refractivity (Wildman–Crippen MR) is 95.7 cm³/mol. The summed E-state index contributed by atoms with van der Waals surface area (Å²) in [4.78, 5) is 4.64.